The summed E-state index contributed by atoms with van der Waals surface area (Å²) in [6.45, 7) is 2.49. The van der Waals surface area contributed by atoms with Gasteiger partial charge in [-0.05, 0) is 24.6 Å². The Balaban J connectivity index is 1.70. The highest BCUT2D eigenvalue weighted by molar-refractivity contribution is 6.34. The van der Waals surface area contributed by atoms with E-state index in [1.807, 2.05) is 17.7 Å². The van der Waals surface area contributed by atoms with Crippen molar-refractivity contribution in [3.8, 4) is 11.4 Å². The van der Waals surface area contributed by atoms with Crippen LogP contribution in [0.3, 0.4) is 0 Å². The number of H-pyrrole nitrogens is 1. The van der Waals surface area contributed by atoms with Crippen molar-refractivity contribution >= 4 is 22.6 Å². The molecular formula is C17H13ClFN5. The van der Waals surface area contributed by atoms with Crippen molar-refractivity contribution in [3.63, 3.8) is 0 Å². The summed E-state index contributed by atoms with van der Waals surface area (Å²) in [4.78, 5) is 15.8. The molecule has 24 heavy (non-hydrogen) atoms. The highest BCUT2D eigenvalue weighted by Gasteiger charge is 2.13. The Bertz CT molecular complexity index is 1040. The molecule has 0 aliphatic rings. The van der Waals surface area contributed by atoms with Crippen LogP contribution in [0, 0.1) is 12.7 Å². The van der Waals surface area contributed by atoms with Crippen LogP contribution in [0.25, 0.3) is 22.4 Å². The van der Waals surface area contributed by atoms with Gasteiger partial charge in [0, 0.05) is 6.20 Å². The minimum atomic E-state index is -0.305. The highest BCUT2D eigenvalue weighted by Crippen LogP contribution is 2.26. The van der Waals surface area contributed by atoms with Crippen LogP contribution in [0.4, 0.5) is 4.39 Å². The lowest BCUT2D eigenvalue weighted by atomic mass is 10.2. The van der Waals surface area contributed by atoms with E-state index in [1.165, 1.54) is 12.4 Å². The Hall–Kier alpha value is -2.73. The first-order valence-corrected chi connectivity index (χ1v) is 7.76. The number of imidazole rings is 1. The summed E-state index contributed by atoms with van der Waals surface area (Å²) in [5.74, 6) is 0.198. The maximum absolute atomic E-state index is 13.9. The van der Waals surface area contributed by atoms with Crippen molar-refractivity contribution in [2.75, 3.05) is 0 Å². The number of nitrogens with one attached hydrogen (secondary N) is 1. The van der Waals surface area contributed by atoms with Crippen LogP contribution in [0.1, 0.15) is 11.3 Å². The van der Waals surface area contributed by atoms with Gasteiger partial charge in [0.05, 0.1) is 29.4 Å². The average molecular weight is 342 g/mol. The molecule has 4 aromatic rings. The number of fused-ring (bicyclic) bond motifs is 1. The zero-order valence-electron chi connectivity index (χ0n) is 12.8. The molecule has 0 radical (unpaired) electrons. The second kappa shape index (κ2) is 5.72. The first-order chi connectivity index (χ1) is 11.6. The summed E-state index contributed by atoms with van der Waals surface area (Å²) in [7, 11) is 0. The summed E-state index contributed by atoms with van der Waals surface area (Å²) >= 11 is 6.15. The Morgan fingerprint density at radius 3 is 2.88 bits per heavy atom. The first-order valence-electron chi connectivity index (χ1n) is 7.38. The standard InChI is InChI=1S/C17H13ClFN5/c1-10-7-24(17-14(10)15(18)21-9-22-17)8-11-6-20-16(23-11)12-4-2-3-5-13(12)19/h2-7,9H,8H2,1H3,(H,20,23). The SMILES string of the molecule is Cc1cn(Cc2cnc(-c3ccccc3F)[nH]2)c2ncnc(Cl)c12. The number of aryl methyl sites for hydroxylation is 1. The number of hydrogen-bond acceptors (Lipinski definition) is 3. The summed E-state index contributed by atoms with van der Waals surface area (Å²) in [6, 6.07) is 6.54. The Labute approximate surface area is 142 Å². The van der Waals surface area contributed by atoms with Crippen LogP contribution in [-0.4, -0.2) is 24.5 Å². The molecule has 120 valence electrons. The minimum absolute atomic E-state index is 0.305. The van der Waals surface area contributed by atoms with Gasteiger partial charge < -0.3 is 9.55 Å². The van der Waals surface area contributed by atoms with Crippen molar-refractivity contribution in [3.05, 3.63) is 65.2 Å². The van der Waals surface area contributed by atoms with Crippen LogP contribution in [0.15, 0.2) is 43.0 Å². The number of aromatic nitrogens is 5. The lowest BCUT2D eigenvalue weighted by molar-refractivity contribution is 0.630. The predicted octanol–water partition coefficient (Wildman–Crippen LogP) is 3.97. The van der Waals surface area contributed by atoms with Gasteiger partial charge in [-0.15, -0.1) is 0 Å². The zero-order valence-corrected chi connectivity index (χ0v) is 13.5. The number of nitrogens with zero attached hydrogens (tertiary/aromatic N) is 4. The third-order valence-electron chi connectivity index (χ3n) is 3.89. The molecule has 0 saturated carbocycles. The van der Waals surface area contributed by atoms with Crippen molar-refractivity contribution in [1.82, 2.24) is 24.5 Å². The topological polar surface area (TPSA) is 59.4 Å². The van der Waals surface area contributed by atoms with Crippen molar-refractivity contribution in [2.24, 2.45) is 0 Å². The lowest BCUT2D eigenvalue weighted by Crippen LogP contribution is -2.00. The molecule has 0 aliphatic heterocycles. The molecule has 1 N–H and O–H groups in total. The zero-order chi connectivity index (χ0) is 16.7. The fourth-order valence-corrected chi connectivity index (χ4v) is 3.08. The second-order valence-corrected chi connectivity index (χ2v) is 5.90. The molecule has 0 aliphatic carbocycles. The molecule has 0 spiro atoms. The van der Waals surface area contributed by atoms with Gasteiger partial charge in [0.2, 0.25) is 0 Å². The smallest absolute Gasteiger partial charge is 0.145 e. The minimum Gasteiger partial charge on any atom is -0.340 e. The summed E-state index contributed by atoms with van der Waals surface area (Å²) in [6.07, 6.45) is 5.11. The van der Waals surface area contributed by atoms with Crippen LogP contribution < -0.4 is 0 Å². The van der Waals surface area contributed by atoms with E-state index in [0.717, 1.165) is 22.3 Å². The van der Waals surface area contributed by atoms with Gasteiger partial charge in [-0.25, -0.2) is 19.3 Å². The quantitative estimate of drug-likeness (QED) is 0.573. The Morgan fingerprint density at radius 1 is 1.21 bits per heavy atom. The fourth-order valence-electron chi connectivity index (χ4n) is 2.81. The molecule has 0 fully saturated rings. The normalized spacial score (nSPS) is 11.3. The van der Waals surface area contributed by atoms with E-state index in [4.69, 9.17) is 11.6 Å². The molecule has 0 amide bonds. The maximum Gasteiger partial charge on any atom is 0.145 e. The summed E-state index contributed by atoms with van der Waals surface area (Å²) < 4.78 is 15.8. The Kier molecular flexibility index (Phi) is 3.54. The molecule has 0 saturated heterocycles. The van der Waals surface area contributed by atoms with Gasteiger partial charge in [-0.1, -0.05) is 23.7 Å². The van der Waals surface area contributed by atoms with E-state index in [9.17, 15) is 4.39 Å². The largest absolute Gasteiger partial charge is 0.340 e. The Morgan fingerprint density at radius 2 is 2.04 bits per heavy atom. The number of rotatable bonds is 3. The average Bonchev–Trinajstić information content (AvgIpc) is 3.14. The number of benzene rings is 1. The van der Waals surface area contributed by atoms with Gasteiger partial charge in [-0.3, -0.25) is 0 Å². The van der Waals surface area contributed by atoms with E-state index in [1.54, 1.807) is 24.4 Å². The molecule has 5 nitrogen and oxygen atoms in total. The molecule has 7 heteroatoms. The number of halogens is 2. The molecule has 1 aromatic carbocycles. The summed E-state index contributed by atoms with van der Waals surface area (Å²) in [5.41, 5.74) is 3.06. The van der Waals surface area contributed by atoms with Crippen molar-refractivity contribution in [2.45, 2.75) is 13.5 Å². The van der Waals surface area contributed by atoms with Crippen LogP contribution in [0.5, 0.6) is 0 Å². The first kappa shape index (κ1) is 14.8. The third kappa shape index (κ3) is 2.45. The molecular weight excluding hydrogens is 329 g/mol. The van der Waals surface area contributed by atoms with Crippen molar-refractivity contribution < 1.29 is 4.39 Å². The fraction of sp³-hybridized carbons (Fsp3) is 0.118. The second-order valence-electron chi connectivity index (χ2n) is 5.54. The molecule has 0 bridgehead atoms. The molecule has 3 aromatic heterocycles. The van der Waals surface area contributed by atoms with Gasteiger partial charge in [-0.2, -0.15) is 0 Å². The van der Waals surface area contributed by atoms with Gasteiger partial charge >= 0.3 is 0 Å². The van der Waals surface area contributed by atoms with Crippen molar-refractivity contribution in [1.29, 1.82) is 0 Å². The summed E-state index contributed by atoms with van der Waals surface area (Å²) in [5, 5.41) is 1.28. The third-order valence-corrected chi connectivity index (χ3v) is 4.18. The van der Waals surface area contributed by atoms with Crippen LogP contribution >= 0.6 is 11.6 Å². The van der Waals surface area contributed by atoms with E-state index in [-0.39, 0.29) is 5.82 Å². The monoisotopic (exact) mass is 341 g/mol. The van der Waals surface area contributed by atoms with E-state index < -0.39 is 0 Å². The number of aromatic amines is 1. The highest BCUT2D eigenvalue weighted by atomic mass is 35.5. The van der Waals surface area contributed by atoms with E-state index >= 15 is 0 Å². The number of hydrogen-bond donors (Lipinski definition) is 1. The maximum atomic E-state index is 13.9. The molecule has 3 heterocycles. The van der Waals surface area contributed by atoms with Crippen LogP contribution in [-0.2, 0) is 6.54 Å². The van der Waals surface area contributed by atoms with Gasteiger partial charge in [0.1, 0.15) is 28.8 Å². The van der Waals surface area contributed by atoms with E-state index in [2.05, 4.69) is 19.9 Å². The van der Waals surface area contributed by atoms with Crippen LogP contribution in [0.2, 0.25) is 5.15 Å². The molecule has 0 unspecified atom stereocenters. The lowest BCUT2D eigenvalue weighted by Gasteiger charge is -2.03. The predicted molar refractivity (Wildman–Crippen MR) is 90.4 cm³/mol. The molecule has 4 rings (SSSR count). The van der Waals surface area contributed by atoms with Gasteiger partial charge in [0.25, 0.3) is 0 Å². The van der Waals surface area contributed by atoms with E-state index in [0.29, 0.717) is 23.1 Å². The van der Waals surface area contributed by atoms with Gasteiger partial charge in [0.15, 0.2) is 0 Å². The molecule has 0 atom stereocenters.